The Morgan fingerprint density at radius 2 is 2.04 bits per heavy atom. The van der Waals surface area contributed by atoms with E-state index in [1.807, 2.05) is 0 Å². The van der Waals surface area contributed by atoms with Gasteiger partial charge in [0.25, 0.3) is 5.92 Å². The van der Waals surface area contributed by atoms with Crippen LogP contribution in [0.4, 0.5) is 26.1 Å². The van der Waals surface area contributed by atoms with E-state index in [0.717, 1.165) is 6.92 Å². The molecule has 2 rings (SSSR count). The molecule has 0 spiro atoms. The molecule has 0 aromatic carbocycles. The molecule has 0 fully saturated rings. The van der Waals surface area contributed by atoms with Gasteiger partial charge in [-0.15, -0.1) is 0 Å². The van der Waals surface area contributed by atoms with Gasteiger partial charge in [0.2, 0.25) is 5.91 Å². The van der Waals surface area contributed by atoms with Crippen LogP contribution in [0.25, 0.3) is 0 Å². The third kappa shape index (κ3) is 5.57. The van der Waals surface area contributed by atoms with Gasteiger partial charge in [0.15, 0.2) is 0 Å². The van der Waals surface area contributed by atoms with E-state index in [0.29, 0.717) is 22.8 Å². The van der Waals surface area contributed by atoms with Crippen molar-refractivity contribution in [2.24, 2.45) is 5.10 Å². The molecule has 0 bridgehead atoms. The zero-order chi connectivity index (χ0) is 20.9. The molecule has 0 aliphatic carbocycles. The average molecular weight is 388 g/mol. The second-order valence-electron chi connectivity index (χ2n) is 6.25. The van der Waals surface area contributed by atoms with E-state index in [-0.39, 0.29) is 17.4 Å². The van der Waals surface area contributed by atoms with Gasteiger partial charge in [-0.2, -0.15) is 13.9 Å². The van der Waals surface area contributed by atoms with E-state index >= 15 is 0 Å². The maximum atomic E-state index is 13.6. The van der Waals surface area contributed by atoms with Crippen molar-refractivity contribution in [1.82, 2.24) is 15.0 Å². The molecule has 2 N–H and O–H groups in total. The summed E-state index contributed by atoms with van der Waals surface area (Å²) >= 11 is 0. The number of halogens is 2. The number of carbonyl (C=O) groups is 1. The van der Waals surface area contributed by atoms with Gasteiger partial charge in [0, 0.05) is 45.8 Å². The first kappa shape index (κ1) is 20.9. The summed E-state index contributed by atoms with van der Waals surface area (Å²) in [5, 5.41) is 11.5. The second kappa shape index (κ2) is 8.55. The van der Waals surface area contributed by atoms with Gasteiger partial charge in [0.1, 0.15) is 17.3 Å². The summed E-state index contributed by atoms with van der Waals surface area (Å²) in [6, 6.07) is 5.88. The van der Waals surface area contributed by atoms with Gasteiger partial charge in [0.05, 0.1) is 11.4 Å². The van der Waals surface area contributed by atoms with E-state index in [1.165, 1.54) is 25.3 Å². The van der Waals surface area contributed by atoms with E-state index in [4.69, 9.17) is 0 Å². The Bertz CT molecular complexity index is 906. The van der Waals surface area contributed by atoms with E-state index in [2.05, 4.69) is 32.3 Å². The molecule has 0 atom stereocenters. The predicted molar refractivity (Wildman–Crippen MR) is 106 cm³/mol. The van der Waals surface area contributed by atoms with Gasteiger partial charge in [-0.25, -0.2) is 9.97 Å². The van der Waals surface area contributed by atoms with Crippen LogP contribution in [0.2, 0.25) is 0 Å². The van der Waals surface area contributed by atoms with Crippen LogP contribution in [-0.2, 0) is 10.7 Å². The molecule has 7 nitrogen and oxygen atoms in total. The molecule has 9 heteroatoms. The molecule has 1 amide bonds. The zero-order valence-electron chi connectivity index (χ0n) is 16.1. The van der Waals surface area contributed by atoms with Crippen molar-refractivity contribution >= 4 is 28.9 Å². The Morgan fingerprint density at radius 1 is 1.32 bits per heavy atom. The molecular formula is C19H22F2N6O. The Labute approximate surface area is 162 Å². The molecule has 0 aliphatic heterocycles. The molecular weight excluding hydrogens is 366 g/mol. The van der Waals surface area contributed by atoms with Gasteiger partial charge >= 0.3 is 0 Å². The first-order valence-electron chi connectivity index (χ1n) is 8.39. The van der Waals surface area contributed by atoms with Crippen molar-refractivity contribution in [1.29, 1.82) is 0 Å². The van der Waals surface area contributed by atoms with Crippen molar-refractivity contribution in [3.63, 3.8) is 0 Å². The number of aromatic nitrogens is 2. The summed E-state index contributed by atoms with van der Waals surface area (Å²) in [5.41, 5.74) is 1.18. The number of rotatable bonds is 7. The van der Waals surface area contributed by atoms with Crippen LogP contribution in [0, 0.1) is 0 Å². The highest BCUT2D eigenvalue weighted by molar-refractivity contribution is 6.12. The average Bonchev–Trinajstić information content (AvgIpc) is 2.59. The Morgan fingerprint density at radius 3 is 2.61 bits per heavy atom. The SMILES string of the molecule is C=C/C(=N\N(C)C)c1cnc(NC(C)=O)cc1Nc1cccc(C(C)(F)F)n1. The van der Waals surface area contributed by atoms with Gasteiger partial charge < -0.3 is 15.6 Å². The number of hydrogen-bond acceptors (Lipinski definition) is 6. The second-order valence-corrected chi connectivity index (χ2v) is 6.25. The number of pyridine rings is 2. The molecule has 28 heavy (non-hydrogen) atoms. The number of alkyl halides is 2. The topological polar surface area (TPSA) is 82.5 Å². The van der Waals surface area contributed by atoms with E-state index in [1.54, 1.807) is 37.3 Å². The number of anilines is 3. The third-order valence-corrected chi connectivity index (χ3v) is 3.45. The number of carbonyl (C=O) groups excluding carboxylic acids is 1. The fraction of sp³-hybridized carbons (Fsp3) is 0.263. The Balaban J connectivity index is 2.53. The van der Waals surface area contributed by atoms with Crippen molar-refractivity contribution < 1.29 is 13.6 Å². The monoisotopic (exact) mass is 388 g/mol. The first-order valence-corrected chi connectivity index (χ1v) is 8.39. The zero-order valence-corrected chi connectivity index (χ0v) is 16.1. The number of amides is 1. The lowest BCUT2D eigenvalue weighted by molar-refractivity contribution is -0.114. The summed E-state index contributed by atoms with van der Waals surface area (Å²) in [7, 11) is 3.51. The summed E-state index contributed by atoms with van der Waals surface area (Å²) in [5.74, 6) is -2.85. The number of nitrogens with one attached hydrogen (secondary N) is 2. The normalized spacial score (nSPS) is 11.7. The van der Waals surface area contributed by atoms with Crippen LogP contribution < -0.4 is 10.6 Å². The maximum Gasteiger partial charge on any atom is 0.287 e. The molecule has 0 saturated carbocycles. The van der Waals surface area contributed by atoms with E-state index in [9.17, 15) is 13.6 Å². The molecule has 148 valence electrons. The number of hydrazone groups is 1. The van der Waals surface area contributed by atoms with Crippen LogP contribution in [-0.4, -0.2) is 40.7 Å². The molecule has 2 aromatic rings. The lowest BCUT2D eigenvalue weighted by Gasteiger charge is -2.16. The third-order valence-electron chi connectivity index (χ3n) is 3.45. The summed E-state index contributed by atoms with van der Waals surface area (Å²) in [6.07, 6.45) is 3.06. The highest BCUT2D eigenvalue weighted by atomic mass is 19.3. The quantitative estimate of drug-likeness (QED) is 0.558. The minimum absolute atomic E-state index is 0.216. The first-order chi connectivity index (χ1) is 13.1. The van der Waals surface area contributed by atoms with Crippen molar-refractivity contribution in [2.45, 2.75) is 19.8 Å². The minimum atomic E-state index is -3.07. The number of allylic oxidation sites excluding steroid dienone is 1. The highest BCUT2D eigenvalue weighted by Crippen LogP contribution is 2.28. The summed E-state index contributed by atoms with van der Waals surface area (Å²) in [6.45, 7) is 5.90. The molecule has 0 aliphatic rings. The van der Waals surface area contributed by atoms with E-state index < -0.39 is 5.92 Å². The molecule has 2 aromatic heterocycles. The molecule has 2 heterocycles. The van der Waals surface area contributed by atoms with Crippen LogP contribution in [0.15, 0.2) is 48.2 Å². The largest absolute Gasteiger partial charge is 0.340 e. The number of hydrogen-bond donors (Lipinski definition) is 2. The highest BCUT2D eigenvalue weighted by Gasteiger charge is 2.26. The fourth-order valence-corrected chi connectivity index (χ4v) is 2.32. The molecule has 0 unspecified atom stereocenters. The van der Waals surface area contributed by atoms with Crippen LogP contribution in [0.1, 0.15) is 25.1 Å². The van der Waals surface area contributed by atoms with Crippen LogP contribution >= 0.6 is 0 Å². The Kier molecular flexibility index (Phi) is 6.40. The lowest BCUT2D eigenvalue weighted by Crippen LogP contribution is -2.14. The predicted octanol–water partition coefficient (Wildman–Crippen LogP) is 3.74. The van der Waals surface area contributed by atoms with Gasteiger partial charge in [-0.3, -0.25) is 4.79 Å². The van der Waals surface area contributed by atoms with Crippen molar-refractivity contribution in [2.75, 3.05) is 24.7 Å². The fourth-order valence-electron chi connectivity index (χ4n) is 2.32. The number of nitrogens with zero attached hydrogens (tertiary/aromatic N) is 4. The van der Waals surface area contributed by atoms with Gasteiger partial charge in [-0.1, -0.05) is 12.6 Å². The van der Waals surface area contributed by atoms with Crippen LogP contribution in [0.5, 0.6) is 0 Å². The maximum absolute atomic E-state index is 13.6. The van der Waals surface area contributed by atoms with Gasteiger partial charge in [-0.05, 0) is 18.2 Å². The van der Waals surface area contributed by atoms with Crippen molar-refractivity contribution in [3.8, 4) is 0 Å². The molecule has 0 radical (unpaired) electrons. The minimum Gasteiger partial charge on any atom is -0.340 e. The van der Waals surface area contributed by atoms with Crippen molar-refractivity contribution in [3.05, 3.63) is 54.4 Å². The smallest absolute Gasteiger partial charge is 0.287 e. The van der Waals surface area contributed by atoms with Crippen LogP contribution in [0.3, 0.4) is 0 Å². The summed E-state index contributed by atoms with van der Waals surface area (Å²) < 4.78 is 27.2. The standard InChI is InChI=1S/C19H22F2N6O/c1-6-14(26-27(4)5)13-11-22-18(23-12(2)28)10-15(13)24-17-9-7-8-16(25-17)19(3,20)21/h6-11H,1H2,2-5H3,(H2,22,23,24,25,28)/b26-14+. The Hall–Kier alpha value is -3.36. The molecule has 0 saturated heterocycles. The summed E-state index contributed by atoms with van der Waals surface area (Å²) in [4.78, 5) is 19.5. The lowest BCUT2D eigenvalue weighted by atomic mass is 10.1.